The molecule has 1 atom stereocenters. The summed E-state index contributed by atoms with van der Waals surface area (Å²) in [7, 11) is 0. The van der Waals surface area contributed by atoms with Crippen LogP contribution < -0.4 is 9.64 Å². The molecule has 1 unspecified atom stereocenters. The zero-order chi connectivity index (χ0) is 26.9. The Labute approximate surface area is 219 Å². The lowest BCUT2D eigenvalue weighted by molar-refractivity contribution is -0.132. The van der Waals surface area contributed by atoms with Crippen LogP contribution in [0.5, 0.6) is 5.75 Å². The lowest BCUT2D eigenvalue weighted by Crippen LogP contribution is -2.29. The molecule has 0 radical (unpaired) electrons. The highest BCUT2D eigenvalue weighted by molar-refractivity contribution is 7.17. The number of aliphatic hydroxyl groups is 1. The van der Waals surface area contributed by atoms with Crippen molar-refractivity contribution in [2.24, 2.45) is 0 Å². The van der Waals surface area contributed by atoms with Crippen molar-refractivity contribution in [1.82, 2.24) is 4.98 Å². The topological polar surface area (TPSA) is 106 Å². The lowest BCUT2D eigenvalue weighted by atomic mass is 9.94. The number of rotatable bonds is 7. The van der Waals surface area contributed by atoms with E-state index in [0.717, 1.165) is 22.5 Å². The van der Waals surface area contributed by atoms with Crippen molar-refractivity contribution < 1.29 is 29.0 Å². The van der Waals surface area contributed by atoms with E-state index in [1.54, 1.807) is 32.0 Å². The van der Waals surface area contributed by atoms with Crippen molar-refractivity contribution in [2.45, 2.75) is 40.7 Å². The molecule has 4 rings (SSSR count). The fourth-order valence-corrected chi connectivity index (χ4v) is 5.22. The highest BCUT2D eigenvalue weighted by atomic mass is 32.1. The van der Waals surface area contributed by atoms with E-state index in [4.69, 9.17) is 9.47 Å². The fourth-order valence-electron chi connectivity index (χ4n) is 4.23. The maximum Gasteiger partial charge on any atom is 0.350 e. The summed E-state index contributed by atoms with van der Waals surface area (Å²) in [6.07, 6.45) is 0. The first-order valence-electron chi connectivity index (χ1n) is 11.9. The molecule has 0 aliphatic carbocycles. The van der Waals surface area contributed by atoms with E-state index in [0.29, 0.717) is 29.2 Å². The van der Waals surface area contributed by atoms with Crippen LogP contribution >= 0.6 is 11.3 Å². The number of anilines is 1. The van der Waals surface area contributed by atoms with E-state index in [1.165, 1.54) is 4.90 Å². The number of benzene rings is 2. The summed E-state index contributed by atoms with van der Waals surface area (Å²) >= 11 is 0.978. The number of nitrogens with zero attached hydrogens (tertiary/aromatic N) is 2. The number of Topliss-reactive ketones (excluding diaryl/α,β-unsaturated/α-hetero) is 1. The number of carbonyl (C=O) groups is 3. The van der Waals surface area contributed by atoms with Crippen LogP contribution in [0, 0.1) is 20.8 Å². The van der Waals surface area contributed by atoms with Gasteiger partial charge in [-0.2, -0.15) is 0 Å². The van der Waals surface area contributed by atoms with Crippen molar-refractivity contribution in [1.29, 1.82) is 0 Å². The number of esters is 1. The van der Waals surface area contributed by atoms with E-state index < -0.39 is 23.7 Å². The van der Waals surface area contributed by atoms with Gasteiger partial charge >= 0.3 is 11.9 Å². The summed E-state index contributed by atoms with van der Waals surface area (Å²) in [5, 5.41) is 11.5. The van der Waals surface area contributed by atoms with Gasteiger partial charge in [0.05, 0.1) is 30.5 Å². The number of aromatic nitrogens is 1. The third kappa shape index (κ3) is 4.86. The predicted octanol–water partition coefficient (Wildman–Crippen LogP) is 5.27. The Morgan fingerprint density at radius 2 is 1.76 bits per heavy atom. The minimum absolute atomic E-state index is 0.0528. The summed E-state index contributed by atoms with van der Waals surface area (Å²) in [6, 6.07) is 11.5. The first-order valence-corrected chi connectivity index (χ1v) is 12.7. The average molecular weight is 521 g/mol. The van der Waals surface area contributed by atoms with Gasteiger partial charge in [0.15, 0.2) is 5.13 Å². The van der Waals surface area contributed by atoms with Crippen LogP contribution in [-0.2, 0) is 14.3 Å². The number of amides is 1. The fraction of sp³-hybridized carbons (Fsp3) is 0.286. The Kier molecular flexibility index (Phi) is 7.45. The second-order valence-corrected chi connectivity index (χ2v) is 9.60. The van der Waals surface area contributed by atoms with Gasteiger partial charge in [-0.15, -0.1) is 0 Å². The summed E-state index contributed by atoms with van der Waals surface area (Å²) in [6.45, 7) is 9.68. The normalized spacial score (nSPS) is 16.8. The Hall–Kier alpha value is -3.98. The molecule has 0 bridgehead atoms. The molecule has 1 aliphatic rings. The predicted molar refractivity (Wildman–Crippen MR) is 141 cm³/mol. The Morgan fingerprint density at radius 3 is 2.38 bits per heavy atom. The van der Waals surface area contributed by atoms with Crippen LogP contribution in [0.1, 0.15) is 57.5 Å². The van der Waals surface area contributed by atoms with Crippen LogP contribution in [0.15, 0.2) is 48.0 Å². The zero-order valence-electron chi connectivity index (χ0n) is 21.3. The van der Waals surface area contributed by atoms with Crippen molar-refractivity contribution in [2.75, 3.05) is 18.1 Å². The lowest BCUT2D eigenvalue weighted by Gasteiger charge is -2.23. The number of carbonyl (C=O) groups excluding carboxylic acids is 3. The number of aliphatic hydroxyl groups excluding tert-OH is 1. The van der Waals surface area contributed by atoms with Crippen LogP contribution in [-0.4, -0.2) is 41.0 Å². The molecule has 2 aromatic carbocycles. The number of ketones is 1. The van der Waals surface area contributed by atoms with E-state index >= 15 is 0 Å². The number of ether oxygens (including phenoxy) is 2. The molecule has 37 heavy (non-hydrogen) atoms. The van der Waals surface area contributed by atoms with Gasteiger partial charge in [-0.3, -0.25) is 14.5 Å². The summed E-state index contributed by atoms with van der Waals surface area (Å²) in [4.78, 5) is 45.1. The molecule has 1 aliphatic heterocycles. The van der Waals surface area contributed by atoms with E-state index in [9.17, 15) is 19.5 Å². The molecule has 9 heteroatoms. The Balaban J connectivity index is 1.89. The second-order valence-electron chi connectivity index (χ2n) is 8.62. The van der Waals surface area contributed by atoms with Gasteiger partial charge in [-0.05, 0) is 63.9 Å². The molecule has 1 N–H and O–H groups in total. The van der Waals surface area contributed by atoms with Gasteiger partial charge < -0.3 is 14.6 Å². The van der Waals surface area contributed by atoms with E-state index in [2.05, 4.69) is 4.98 Å². The summed E-state index contributed by atoms with van der Waals surface area (Å²) < 4.78 is 10.7. The monoisotopic (exact) mass is 520 g/mol. The highest BCUT2D eigenvalue weighted by Crippen LogP contribution is 2.44. The highest BCUT2D eigenvalue weighted by Gasteiger charge is 2.48. The van der Waals surface area contributed by atoms with Gasteiger partial charge in [-0.25, -0.2) is 9.78 Å². The van der Waals surface area contributed by atoms with Crippen molar-refractivity contribution in [3.63, 3.8) is 0 Å². The summed E-state index contributed by atoms with van der Waals surface area (Å²) in [5.74, 6) is -1.84. The molecule has 1 saturated heterocycles. The van der Waals surface area contributed by atoms with Gasteiger partial charge in [0.25, 0.3) is 5.78 Å². The molecule has 1 aromatic heterocycles. The molecular weight excluding hydrogens is 492 g/mol. The molecule has 1 amide bonds. The van der Waals surface area contributed by atoms with Gasteiger partial charge in [0.1, 0.15) is 16.4 Å². The van der Waals surface area contributed by atoms with Crippen molar-refractivity contribution in [3.8, 4) is 5.75 Å². The maximum atomic E-state index is 13.4. The van der Waals surface area contributed by atoms with Gasteiger partial charge in [0.2, 0.25) is 0 Å². The Morgan fingerprint density at radius 1 is 1.05 bits per heavy atom. The minimum atomic E-state index is -0.937. The standard InChI is InChI=1S/C28H28N2O6S/c1-6-35-20-13-12-19(14-16(20)4)23(31)21-22(18-10-8-15(3)9-11-18)30(26(33)24(21)32)28-29-17(5)25(37-28)27(34)36-7-2/h8-14,22,31H,6-7H2,1-5H3/b23-21+. The number of hydrogen-bond donors (Lipinski definition) is 1. The summed E-state index contributed by atoms with van der Waals surface area (Å²) in [5.41, 5.74) is 3.13. The molecule has 2 heterocycles. The molecular formula is C28H28N2O6S. The van der Waals surface area contributed by atoms with Crippen molar-refractivity contribution >= 4 is 39.9 Å². The number of aryl methyl sites for hydroxylation is 3. The smallest absolute Gasteiger partial charge is 0.350 e. The van der Waals surface area contributed by atoms with Crippen LogP contribution in [0.25, 0.3) is 5.76 Å². The Bertz CT molecular complexity index is 1410. The van der Waals surface area contributed by atoms with E-state index in [-0.39, 0.29) is 27.9 Å². The van der Waals surface area contributed by atoms with Gasteiger partial charge in [-0.1, -0.05) is 41.2 Å². The zero-order valence-corrected chi connectivity index (χ0v) is 22.1. The number of hydrogen-bond acceptors (Lipinski definition) is 8. The molecule has 0 spiro atoms. The quantitative estimate of drug-likeness (QED) is 0.196. The van der Waals surface area contributed by atoms with Crippen LogP contribution in [0.4, 0.5) is 5.13 Å². The third-order valence-electron chi connectivity index (χ3n) is 6.04. The third-order valence-corrected chi connectivity index (χ3v) is 7.17. The molecule has 8 nitrogen and oxygen atoms in total. The molecule has 0 saturated carbocycles. The number of thiazole rings is 1. The first kappa shape index (κ1) is 26.1. The molecule has 3 aromatic rings. The largest absolute Gasteiger partial charge is 0.507 e. The molecule has 1 fully saturated rings. The SMILES string of the molecule is CCOC(=O)c1sc(N2C(=O)C(=O)/C(=C(/O)c3ccc(OCC)c(C)c3)C2c2ccc(C)cc2)nc1C. The average Bonchev–Trinajstić information content (AvgIpc) is 3.37. The second kappa shape index (κ2) is 10.6. The van der Waals surface area contributed by atoms with Crippen LogP contribution in [0.2, 0.25) is 0 Å². The molecule has 192 valence electrons. The minimum Gasteiger partial charge on any atom is -0.507 e. The van der Waals surface area contributed by atoms with Crippen LogP contribution in [0.3, 0.4) is 0 Å². The van der Waals surface area contributed by atoms with E-state index in [1.807, 2.05) is 45.0 Å². The first-order chi connectivity index (χ1) is 17.7. The van der Waals surface area contributed by atoms with Crippen molar-refractivity contribution in [3.05, 3.63) is 80.9 Å². The maximum absolute atomic E-state index is 13.4. The van der Waals surface area contributed by atoms with Gasteiger partial charge in [0, 0.05) is 5.56 Å².